The van der Waals surface area contributed by atoms with Gasteiger partial charge in [-0.15, -0.1) is 0 Å². The molecule has 21 heavy (non-hydrogen) atoms. The Balaban J connectivity index is 1.75. The maximum atomic E-state index is 13.0. The highest BCUT2D eigenvalue weighted by atomic mass is 16.2. The van der Waals surface area contributed by atoms with Gasteiger partial charge in [0, 0.05) is 6.54 Å². The van der Waals surface area contributed by atoms with E-state index in [1.54, 1.807) is 0 Å². The molecule has 2 fully saturated rings. The fourth-order valence-corrected chi connectivity index (χ4v) is 4.14. The van der Waals surface area contributed by atoms with Crippen LogP contribution in [0.1, 0.15) is 64.7 Å². The number of nitrogens with one attached hydrogen (secondary N) is 1. The first-order valence-electron chi connectivity index (χ1n) is 8.47. The second kappa shape index (κ2) is 5.82. The zero-order chi connectivity index (χ0) is 14.9. The van der Waals surface area contributed by atoms with E-state index < -0.39 is 5.54 Å². The molecule has 4 heteroatoms. The van der Waals surface area contributed by atoms with E-state index in [-0.39, 0.29) is 17.9 Å². The molecule has 0 aromatic rings. The first kappa shape index (κ1) is 14.6. The summed E-state index contributed by atoms with van der Waals surface area (Å²) >= 11 is 0. The van der Waals surface area contributed by atoms with Crippen LogP contribution in [0.25, 0.3) is 0 Å². The van der Waals surface area contributed by atoms with Gasteiger partial charge in [-0.2, -0.15) is 0 Å². The summed E-state index contributed by atoms with van der Waals surface area (Å²) in [5.74, 6) is 0.226. The third-order valence-electron chi connectivity index (χ3n) is 5.36. The number of nitrogens with zero attached hydrogens (tertiary/aromatic N) is 1. The first-order chi connectivity index (χ1) is 10.2. The summed E-state index contributed by atoms with van der Waals surface area (Å²) in [6.45, 7) is 2.70. The van der Waals surface area contributed by atoms with Crippen LogP contribution in [0.3, 0.4) is 0 Å². The molecule has 3 rings (SSSR count). The molecule has 3 aliphatic rings. The van der Waals surface area contributed by atoms with Gasteiger partial charge in [0.15, 0.2) is 0 Å². The summed E-state index contributed by atoms with van der Waals surface area (Å²) in [6.07, 6.45) is 11.2. The smallest absolute Gasteiger partial charge is 0.249 e. The molecule has 1 spiro atoms. The molecule has 0 aromatic carbocycles. The SMILES string of the molecule is CCC1C(=O)NC2(CCCC2)C(=O)N1CCC1=CCCC1. The van der Waals surface area contributed by atoms with Gasteiger partial charge in [0.1, 0.15) is 11.6 Å². The van der Waals surface area contributed by atoms with Gasteiger partial charge in [0.2, 0.25) is 11.8 Å². The molecule has 2 amide bonds. The summed E-state index contributed by atoms with van der Waals surface area (Å²) in [4.78, 5) is 27.3. The lowest BCUT2D eigenvalue weighted by Crippen LogP contribution is -2.69. The lowest BCUT2D eigenvalue weighted by atomic mass is 9.89. The van der Waals surface area contributed by atoms with Crippen molar-refractivity contribution in [2.24, 2.45) is 0 Å². The Kier molecular flexibility index (Phi) is 4.05. The molecule has 1 heterocycles. The van der Waals surface area contributed by atoms with Crippen LogP contribution in [0.4, 0.5) is 0 Å². The van der Waals surface area contributed by atoms with E-state index in [0.29, 0.717) is 13.0 Å². The van der Waals surface area contributed by atoms with Crippen LogP contribution < -0.4 is 5.32 Å². The average Bonchev–Trinajstić information content (AvgIpc) is 3.13. The van der Waals surface area contributed by atoms with Gasteiger partial charge in [-0.1, -0.05) is 31.4 Å². The molecule has 0 bridgehead atoms. The molecule has 1 aliphatic heterocycles. The zero-order valence-corrected chi connectivity index (χ0v) is 13.0. The first-order valence-corrected chi connectivity index (χ1v) is 8.47. The predicted octanol–water partition coefficient (Wildman–Crippen LogP) is 2.54. The minimum atomic E-state index is -0.577. The van der Waals surface area contributed by atoms with Crippen LogP contribution in [0.2, 0.25) is 0 Å². The maximum Gasteiger partial charge on any atom is 0.249 e. The van der Waals surface area contributed by atoms with Crippen molar-refractivity contribution >= 4 is 11.8 Å². The van der Waals surface area contributed by atoms with Crippen LogP contribution >= 0.6 is 0 Å². The number of allylic oxidation sites excluding steroid dienone is 1. The monoisotopic (exact) mass is 290 g/mol. The van der Waals surface area contributed by atoms with Crippen LogP contribution in [0, 0.1) is 0 Å². The Labute approximate surface area is 127 Å². The second-order valence-electron chi connectivity index (χ2n) is 6.71. The third-order valence-corrected chi connectivity index (χ3v) is 5.36. The molecule has 1 N–H and O–H groups in total. The third kappa shape index (κ3) is 2.60. The molecule has 0 aromatic heterocycles. The van der Waals surface area contributed by atoms with Crippen molar-refractivity contribution in [3.63, 3.8) is 0 Å². The molecule has 1 saturated carbocycles. The number of hydrogen-bond acceptors (Lipinski definition) is 2. The van der Waals surface area contributed by atoms with E-state index in [1.165, 1.54) is 18.4 Å². The molecule has 1 saturated heterocycles. The highest BCUT2D eigenvalue weighted by molar-refractivity contribution is 6.00. The van der Waals surface area contributed by atoms with Gasteiger partial charge >= 0.3 is 0 Å². The van der Waals surface area contributed by atoms with Gasteiger partial charge in [0.25, 0.3) is 0 Å². The Morgan fingerprint density at radius 1 is 1.29 bits per heavy atom. The van der Waals surface area contributed by atoms with Gasteiger partial charge < -0.3 is 10.2 Å². The molecule has 1 unspecified atom stereocenters. The van der Waals surface area contributed by atoms with Crippen molar-refractivity contribution in [3.8, 4) is 0 Å². The van der Waals surface area contributed by atoms with Crippen LogP contribution in [0.15, 0.2) is 11.6 Å². The topological polar surface area (TPSA) is 49.4 Å². The predicted molar refractivity (Wildman–Crippen MR) is 81.7 cm³/mol. The minimum Gasteiger partial charge on any atom is -0.340 e. The Morgan fingerprint density at radius 3 is 2.67 bits per heavy atom. The average molecular weight is 290 g/mol. The van der Waals surface area contributed by atoms with Crippen molar-refractivity contribution in [1.82, 2.24) is 10.2 Å². The van der Waals surface area contributed by atoms with E-state index in [1.807, 2.05) is 11.8 Å². The number of piperazine rings is 1. The van der Waals surface area contributed by atoms with Crippen LogP contribution in [0.5, 0.6) is 0 Å². The van der Waals surface area contributed by atoms with E-state index in [9.17, 15) is 9.59 Å². The Morgan fingerprint density at radius 2 is 2.05 bits per heavy atom. The summed E-state index contributed by atoms with van der Waals surface area (Å²) < 4.78 is 0. The molecule has 116 valence electrons. The van der Waals surface area contributed by atoms with Gasteiger partial charge in [-0.05, 0) is 44.9 Å². The number of amides is 2. The fourth-order valence-electron chi connectivity index (χ4n) is 4.14. The fraction of sp³-hybridized carbons (Fsp3) is 0.765. The number of hydrogen-bond donors (Lipinski definition) is 1. The minimum absolute atomic E-state index is 0.0550. The van der Waals surface area contributed by atoms with Gasteiger partial charge in [-0.25, -0.2) is 0 Å². The van der Waals surface area contributed by atoms with E-state index >= 15 is 0 Å². The summed E-state index contributed by atoms with van der Waals surface area (Å²) in [6, 6.07) is -0.272. The van der Waals surface area contributed by atoms with E-state index in [2.05, 4.69) is 11.4 Å². The van der Waals surface area contributed by atoms with E-state index in [4.69, 9.17) is 0 Å². The largest absolute Gasteiger partial charge is 0.340 e. The summed E-state index contributed by atoms with van der Waals surface area (Å²) in [7, 11) is 0. The standard InChI is InChI=1S/C17H26N2O2/c1-2-14-15(20)18-17(10-5-6-11-17)16(21)19(14)12-9-13-7-3-4-8-13/h7,14H,2-6,8-12H2,1H3,(H,18,20). The zero-order valence-electron chi connectivity index (χ0n) is 13.0. The van der Waals surface area contributed by atoms with Crippen molar-refractivity contribution in [3.05, 3.63) is 11.6 Å². The van der Waals surface area contributed by atoms with Crippen LogP contribution in [-0.2, 0) is 9.59 Å². The van der Waals surface area contributed by atoms with Gasteiger partial charge in [-0.3, -0.25) is 9.59 Å². The van der Waals surface area contributed by atoms with Crippen molar-refractivity contribution in [1.29, 1.82) is 0 Å². The van der Waals surface area contributed by atoms with E-state index in [0.717, 1.165) is 38.5 Å². The molecular formula is C17H26N2O2. The number of carbonyl (C=O) groups is 2. The lowest BCUT2D eigenvalue weighted by Gasteiger charge is -2.44. The van der Waals surface area contributed by atoms with Crippen molar-refractivity contribution in [2.75, 3.05) is 6.54 Å². The number of carbonyl (C=O) groups excluding carboxylic acids is 2. The lowest BCUT2D eigenvalue weighted by molar-refractivity contribution is -0.155. The Bertz CT molecular complexity index is 463. The van der Waals surface area contributed by atoms with Crippen molar-refractivity contribution in [2.45, 2.75) is 76.3 Å². The number of rotatable bonds is 4. The second-order valence-corrected chi connectivity index (χ2v) is 6.71. The highest BCUT2D eigenvalue weighted by Crippen LogP contribution is 2.35. The van der Waals surface area contributed by atoms with Crippen molar-refractivity contribution < 1.29 is 9.59 Å². The Hall–Kier alpha value is -1.32. The summed E-state index contributed by atoms with van der Waals surface area (Å²) in [5.41, 5.74) is 0.886. The molecule has 4 nitrogen and oxygen atoms in total. The molecule has 1 atom stereocenters. The molecule has 2 aliphatic carbocycles. The van der Waals surface area contributed by atoms with Gasteiger partial charge in [0.05, 0.1) is 0 Å². The maximum absolute atomic E-state index is 13.0. The quantitative estimate of drug-likeness (QED) is 0.809. The normalized spacial score (nSPS) is 28.1. The highest BCUT2D eigenvalue weighted by Gasteiger charge is 2.51. The molecular weight excluding hydrogens is 264 g/mol. The van der Waals surface area contributed by atoms with Crippen LogP contribution in [-0.4, -0.2) is 34.8 Å². The summed E-state index contributed by atoms with van der Waals surface area (Å²) in [5, 5.41) is 3.06. The molecule has 0 radical (unpaired) electrons.